The predicted molar refractivity (Wildman–Crippen MR) is 128 cm³/mol. The van der Waals surface area contributed by atoms with Crippen LogP contribution in [0.4, 0.5) is 5.69 Å². The molecule has 0 unspecified atom stereocenters. The van der Waals surface area contributed by atoms with E-state index in [-0.39, 0.29) is 5.69 Å². The second-order valence-electron chi connectivity index (χ2n) is 7.41. The number of nitrogens with one attached hydrogen (secondary N) is 1. The van der Waals surface area contributed by atoms with E-state index in [0.717, 1.165) is 27.3 Å². The molecule has 168 valence electrons. The standard InChI is InChI=1S/C24H25ClN2O4S/c1-17-9-11-19(12-10-17)24(18-7-5-4-6-8-18)26-23(28)16-27(32(3,29)30)21-15-20(25)13-14-22(21)31-2/h4-15,24H,16H2,1-3H3,(H,26,28)/t24-/m1/s1. The molecule has 8 heteroatoms. The van der Waals surface area contributed by atoms with E-state index in [9.17, 15) is 13.2 Å². The van der Waals surface area contributed by atoms with Gasteiger partial charge in [-0.15, -0.1) is 0 Å². The molecule has 0 radical (unpaired) electrons. The molecule has 0 spiro atoms. The Labute approximate surface area is 193 Å². The first-order chi connectivity index (χ1) is 15.2. The SMILES string of the molecule is COc1ccc(Cl)cc1N(CC(=O)N[C@H](c1ccccc1)c1ccc(C)cc1)S(C)(=O)=O. The highest BCUT2D eigenvalue weighted by Gasteiger charge is 2.26. The Balaban J connectivity index is 1.93. The van der Waals surface area contributed by atoms with Crippen LogP contribution in [0.5, 0.6) is 5.75 Å². The number of methoxy groups -OCH3 is 1. The van der Waals surface area contributed by atoms with Gasteiger partial charge in [0.15, 0.2) is 0 Å². The number of rotatable bonds is 8. The first-order valence-corrected chi connectivity index (χ1v) is 12.1. The molecule has 6 nitrogen and oxygen atoms in total. The smallest absolute Gasteiger partial charge is 0.241 e. The molecule has 32 heavy (non-hydrogen) atoms. The van der Waals surface area contributed by atoms with Gasteiger partial charge in [0.05, 0.1) is 25.1 Å². The second kappa shape index (κ2) is 10.1. The lowest BCUT2D eigenvalue weighted by Gasteiger charge is -2.26. The molecule has 0 heterocycles. The van der Waals surface area contributed by atoms with Gasteiger partial charge in [0.25, 0.3) is 0 Å². The van der Waals surface area contributed by atoms with Gasteiger partial charge >= 0.3 is 0 Å². The Hall–Kier alpha value is -3.03. The highest BCUT2D eigenvalue weighted by Crippen LogP contribution is 2.33. The number of carbonyl (C=O) groups is 1. The number of halogens is 1. The molecular weight excluding hydrogens is 448 g/mol. The van der Waals surface area contributed by atoms with E-state index in [2.05, 4.69) is 5.32 Å². The topological polar surface area (TPSA) is 75.7 Å². The van der Waals surface area contributed by atoms with Crippen LogP contribution < -0.4 is 14.4 Å². The number of amides is 1. The molecular formula is C24H25ClN2O4S. The summed E-state index contributed by atoms with van der Waals surface area (Å²) >= 11 is 6.08. The Morgan fingerprint density at radius 3 is 2.25 bits per heavy atom. The minimum absolute atomic E-state index is 0.198. The van der Waals surface area contributed by atoms with Crippen molar-refractivity contribution < 1.29 is 17.9 Å². The summed E-state index contributed by atoms with van der Waals surface area (Å²) in [7, 11) is -2.37. The van der Waals surface area contributed by atoms with Crippen molar-refractivity contribution in [1.82, 2.24) is 5.32 Å². The van der Waals surface area contributed by atoms with Crippen molar-refractivity contribution in [3.05, 3.63) is 94.5 Å². The molecule has 0 aliphatic heterocycles. The van der Waals surface area contributed by atoms with Gasteiger partial charge in [-0.2, -0.15) is 0 Å². The van der Waals surface area contributed by atoms with Crippen LogP contribution in [0.2, 0.25) is 5.02 Å². The van der Waals surface area contributed by atoms with Crippen LogP contribution in [0.1, 0.15) is 22.7 Å². The van der Waals surface area contributed by atoms with Gasteiger partial charge in [0.2, 0.25) is 15.9 Å². The molecule has 0 saturated carbocycles. The summed E-state index contributed by atoms with van der Waals surface area (Å²) in [6.45, 7) is 1.56. The van der Waals surface area contributed by atoms with Gasteiger partial charge in [0, 0.05) is 5.02 Å². The lowest BCUT2D eigenvalue weighted by molar-refractivity contribution is -0.120. The third-order valence-electron chi connectivity index (χ3n) is 4.95. The van der Waals surface area contributed by atoms with Crippen LogP contribution in [0, 0.1) is 6.92 Å². The van der Waals surface area contributed by atoms with E-state index in [1.54, 1.807) is 12.1 Å². The fourth-order valence-corrected chi connectivity index (χ4v) is 4.36. The number of hydrogen-bond acceptors (Lipinski definition) is 4. The van der Waals surface area contributed by atoms with Crippen molar-refractivity contribution >= 4 is 33.2 Å². The minimum atomic E-state index is -3.80. The van der Waals surface area contributed by atoms with Crippen LogP contribution >= 0.6 is 11.6 Å². The Bertz CT molecular complexity index is 1180. The molecule has 3 aromatic carbocycles. The number of benzene rings is 3. The van der Waals surface area contributed by atoms with E-state index in [0.29, 0.717) is 10.8 Å². The third kappa shape index (κ3) is 5.81. The van der Waals surface area contributed by atoms with Crippen molar-refractivity contribution in [3.8, 4) is 5.75 Å². The Kier molecular flexibility index (Phi) is 7.43. The predicted octanol–water partition coefficient (Wildman–Crippen LogP) is 4.33. The number of anilines is 1. The van der Waals surface area contributed by atoms with Crippen molar-refractivity contribution in [2.24, 2.45) is 0 Å². The first-order valence-electron chi connectivity index (χ1n) is 9.91. The lowest BCUT2D eigenvalue weighted by Crippen LogP contribution is -2.42. The second-order valence-corrected chi connectivity index (χ2v) is 9.75. The van der Waals surface area contributed by atoms with Crippen molar-refractivity contribution in [1.29, 1.82) is 0 Å². The zero-order chi connectivity index (χ0) is 23.3. The summed E-state index contributed by atoms with van der Waals surface area (Å²) in [5.41, 5.74) is 3.07. The van der Waals surface area contributed by atoms with Crippen LogP contribution in [0.3, 0.4) is 0 Å². The first kappa shape index (κ1) is 23.6. The number of carbonyl (C=O) groups excluding carboxylic acids is 1. The molecule has 0 bridgehead atoms. The number of sulfonamides is 1. The maximum Gasteiger partial charge on any atom is 0.241 e. The Morgan fingerprint density at radius 1 is 1.03 bits per heavy atom. The van der Waals surface area contributed by atoms with Gasteiger partial charge in [-0.3, -0.25) is 9.10 Å². The zero-order valence-electron chi connectivity index (χ0n) is 18.1. The lowest BCUT2D eigenvalue weighted by atomic mass is 9.98. The highest BCUT2D eigenvalue weighted by atomic mass is 35.5. The van der Waals surface area contributed by atoms with Crippen LogP contribution in [0.25, 0.3) is 0 Å². The number of nitrogens with zero attached hydrogens (tertiary/aromatic N) is 1. The minimum Gasteiger partial charge on any atom is -0.495 e. The van der Waals surface area contributed by atoms with E-state index in [4.69, 9.17) is 16.3 Å². The van der Waals surface area contributed by atoms with E-state index in [1.165, 1.54) is 13.2 Å². The van der Waals surface area contributed by atoms with Gasteiger partial charge in [-0.1, -0.05) is 71.8 Å². The fraction of sp³-hybridized carbons (Fsp3) is 0.208. The molecule has 0 aliphatic carbocycles. The molecule has 3 rings (SSSR count). The summed E-state index contributed by atoms with van der Waals surface area (Å²) in [5.74, 6) is -0.169. The molecule has 0 saturated heterocycles. The summed E-state index contributed by atoms with van der Waals surface area (Å²) < 4.78 is 31.4. The molecule has 0 aliphatic rings. The number of aryl methyl sites for hydroxylation is 1. The summed E-state index contributed by atoms with van der Waals surface area (Å²) in [6, 6.07) is 21.5. The van der Waals surface area contributed by atoms with Gasteiger partial charge in [0.1, 0.15) is 12.3 Å². The van der Waals surface area contributed by atoms with Gasteiger partial charge in [-0.05, 0) is 36.2 Å². The summed E-state index contributed by atoms with van der Waals surface area (Å²) in [4.78, 5) is 13.1. The van der Waals surface area contributed by atoms with Crippen LogP contribution in [0.15, 0.2) is 72.8 Å². The summed E-state index contributed by atoms with van der Waals surface area (Å²) in [5, 5.41) is 3.30. The largest absolute Gasteiger partial charge is 0.495 e. The fourth-order valence-electron chi connectivity index (χ4n) is 3.34. The van der Waals surface area contributed by atoms with Gasteiger partial charge < -0.3 is 10.1 Å². The molecule has 1 amide bonds. The molecule has 0 aromatic heterocycles. The van der Waals surface area contributed by atoms with Crippen molar-refractivity contribution in [3.63, 3.8) is 0 Å². The normalized spacial score (nSPS) is 12.1. The van der Waals surface area contributed by atoms with E-state index >= 15 is 0 Å². The molecule has 1 N–H and O–H groups in total. The average molecular weight is 473 g/mol. The molecule has 0 fully saturated rings. The number of ether oxygens (including phenoxy) is 1. The number of hydrogen-bond donors (Lipinski definition) is 1. The van der Waals surface area contributed by atoms with Crippen LogP contribution in [-0.2, 0) is 14.8 Å². The van der Waals surface area contributed by atoms with E-state index < -0.39 is 28.5 Å². The zero-order valence-corrected chi connectivity index (χ0v) is 19.7. The molecule has 3 aromatic rings. The van der Waals surface area contributed by atoms with Gasteiger partial charge in [-0.25, -0.2) is 8.42 Å². The molecule has 1 atom stereocenters. The van der Waals surface area contributed by atoms with Crippen LogP contribution in [-0.4, -0.2) is 34.2 Å². The van der Waals surface area contributed by atoms with E-state index in [1.807, 2.05) is 61.5 Å². The average Bonchev–Trinajstić information content (AvgIpc) is 2.76. The summed E-state index contributed by atoms with van der Waals surface area (Å²) in [6.07, 6.45) is 1.04. The van der Waals surface area contributed by atoms with Crippen molar-refractivity contribution in [2.75, 3.05) is 24.2 Å². The maximum absolute atomic E-state index is 13.1. The van der Waals surface area contributed by atoms with Crippen molar-refractivity contribution in [2.45, 2.75) is 13.0 Å². The maximum atomic E-state index is 13.1. The highest BCUT2D eigenvalue weighted by molar-refractivity contribution is 7.92. The quantitative estimate of drug-likeness (QED) is 0.529. The monoisotopic (exact) mass is 472 g/mol. The third-order valence-corrected chi connectivity index (χ3v) is 6.31. The Morgan fingerprint density at radius 2 is 1.66 bits per heavy atom.